The zero-order valence-corrected chi connectivity index (χ0v) is 11.5. The lowest BCUT2D eigenvalue weighted by Gasteiger charge is -2.25. The predicted molar refractivity (Wildman–Crippen MR) is 73.3 cm³/mol. The van der Waals surface area contributed by atoms with E-state index < -0.39 is 0 Å². The smallest absolute Gasteiger partial charge is 0.0534 e. The first-order valence-electron chi connectivity index (χ1n) is 6.21. The monoisotopic (exact) mass is 254 g/mol. The van der Waals surface area contributed by atoms with E-state index in [2.05, 4.69) is 40.3 Å². The first-order chi connectivity index (χ1) is 8.24. The number of thioether (sulfide) groups is 1. The van der Waals surface area contributed by atoms with Crippen molar-refractivity contribution in [2.75, 3.05) is 31.6 Å². The molecular formula is C12H22N4S. The molecule has 0 radical (unpaired) electrons. The van der Waals surface area contributed by atoms with E-state index >= 15 is 0 Å². The Morgan fingerprint density at radius 1 is 1.65 bits per heavy atom. The van der Waals surface area contributed by atoms with Crippen LogP contribution in [-0.4, -0.2) is 52.4 Å². The van der Waals surface area contributed by atoms with Crippen molar-refractivity contribution < 1.29 is 0 Å². The van der Waals surface area contributed by atoms with Gasteiger partial charge in [-0.1, -0.05) is 0 Å². The highest BCUT2D eigenvalue weighted by molar-refractivity contribution is 7.99. The third-order valence-corrected chi connectivity index (χ3v) is 4.20. The summed E-state index contributed by atoms with van der Waals surface area (Å²) in [5.74, 6) is 2.53. The topological polar surface area (TPSA) is 33.1 Å². The van der Waals surface area contributed by atoms with Gasteiger partial charge < -0.3 is 10.2 Å². The molecule has 0 amide bonds. The Morgan fingerprint density at radius 3 is 3.18 bits per heavy atom. The molecule has 1 aromatic heterocycles. The Hall–Kier alpha value is -0.520. The average molecular weight is 254 g/mol. The molecule has 0 saturated carbocycles. The van der Waals surface area contributed by atoms with Crippen LogP contribution in [0.25, 0.3) is 0 Å². The van der Waals surface area contributed by atoms with Crippen LogP contribution in [0.15, 0.2) is 12.4 Å². The van der Waals surface area contributed by atoms with Crippen LogP contribution in [0.3, 0.4) is 0 Å². The van der Waals surface area contributed by atoms with Crippen molar-refractivity contribution in [3.63, 3.8) is 0 Å². The van der Waals surface area contributed by atoms with Gasteiger partial charge in [0.25, 0.3) is 0 Å². The second kappa shape index (κ2) is 6.42. The van der Waals surface area contributed by atoms with Crippen molar-refractivity contribution in [1.29, 1.82) is 0 Å². The van der Waals surface area contributed by atoms with E-state index in [-0.39, 0.29) is 0 Å². The molecule has 1 N–H and O–H groups in total. The highest BCUT2D eigenvalue weighted by Crippen LogP contribution is 2.11. The molecule has 17 heavy (non-hydrogen) atoms. The Bertz CT molecular complexity index is 333. The van der Waals surface area contributed by atoms with E-state index in [1.54, 1.807) is 0 Å². The maximum Gasteiger partial charge on any atom is 0.0534 e. The van der Waals surface area contributed by atoms with Gasteiger partial charge in [-0.05, 0) is 20.0 Å². The number of aryl methyl sites for hydroxylation is 1. The minimum Gasteiger partial charge on any atom is -0.312 e. The average Bonchev–Trinajstić information content (AvgIpc) is 2.73. The van der Waals surface area contributed by atoms with E-state index in [0.717, 1.165) is 13.1 Å². The van der Waals surface area contributed by atoms with E-state index in [0.29, 0.717) is 6.04 Å². The van der Waals surface area contributed by atoms with E-state index in [1.807, 2.05) is 17.9 Å². The summed E-state index contributed by atoms with van der Waals surface area (Å²) in [5, 5.41) is 7.77. The SMILES string of the molecule is CN(CCC1CSCCN1)Cc1cnn(C)c1. The third kappa shape index (κ3) is 4.33. The standard InChI is InChI=1S/C12H22N4S/c1-15(8-11-7-14-16(2)9-11)5-3-12-10-17-6-4-13-12/h7,9,12-13H,3-6,8,10H2,1-2H3. The van der Waals surface area contributed by atoms with Crippen LogP contribution >= 0.6 is 11.8 Å². The fourth-order valence-corrected chi connectivity index (χ4v) is 3.12. The Balaban J connectivity index is 1.68. The molecule has 1 aromatic rings. The van der Waals surface area contributed by atoms with Gasteiger partial charge in [0.2, 0.25) is 0 Å². The van der Waals surface area contributed by atoms with Crippen molar-refractivity contribution in [2.24, 2.45) is 7.05 Å². The number of aromatic nitrogens is 2. The van der Waals surface area contributed by atoms with Crippen LogP contribution in [-0.2, 0) is 13.6 Å². The Morgan fingerprint density at radius 2 is 2.53 bits per heavy atom. The van der Waals surface area contributed by atoms with Crippen LogP contribution in [0.5, 0.6) is 0 Å². The van der Waals surface area contributed by atoms with Crippen LogP contribution in [0.2, 0.25) is 0 Å². The molecule has 2 rings (SSSR count). The predicted octanol–water partition coefficient (Wildman–Crippen LogP) is 0.947. The summed E-state index contributed by atoms with van der Waals surface area (Å²) in [6, 6.07) is 0.699. The molecule has 1 saturated heterocycles. The fourth-order valence-electron chi connectivity index (χ4n) is 2.13. The highest BCUT2D eigenvalue weighted by atomic mass is 32.2. The summed E-state index contributed by atoms with van der Waals surface area (Å²) < 4.78 is 1.86. The lowest BCUT2D eigenvalue weighted by molar-refractivity contribution is 0.305. The van der Waals surface area contributed by atoms with E-state index in [9.17, 15) is 0 Å². The van der Waals surface area contributed by atoms with Gasteiger partial charge in [-0.2, -0.15) is 16.9 Å². The summed E-state index contributed by atoms with van der Waals surface area (Å²) in [6.45, 7) is 3.31. The molecule has 0 bridgehead atoms. The van der Waals surface area contributed by atoms with Crippen molar-refractivity contribution >= 4 is 11.8 Å². The molecule has 2 heterocycles. The molecule has 1 unspecified atom stereocenters. The molecule has 5 heteroatoms. The number of nitrogens with zero attached hydrogens (tertiary/aromatic N) is 3. The van der Waals surface area contributed by atoms with E-state index in [1.165, 1.54) is 30.0 Å². The minimum absolute atomic E-state index is 0.699. The number of nitrogens with one attached hydrogen (secondary N) is 1. The van der Waals surface area contributed by atoms with Crippen LogP contribution in [0.1, 0.15) is 12.0 Å². The summed E-state index contributed by atoms with van der Waals surface area (Å²) in [7, 11) is 4.15. The second-order valence-electron chi connectivity index (χ2n) is 4.77. The van der Waals surface area contributed by atoms with Gasteiger partial charge in [-0.25, -0.2) is 0 Å². The number of hydrogen-bond donors (Lipinski definition) is 1. The van der Waals surface area contributed by atoms with Crippen molar-refractivity contribution in [3.05, 3.63) is 18.0 Å². The molecule has 0 spiro atoms. The lowest BCUT2D eigenvalue weighted by atomic mass is 10.2. The summed E-state index contributed by atoms with van der Waals surface area (Å²) in [6.07, 6.45) is 5.28. The van der Waals surface area contributed by atoms with Gasteiger partial charge in [0.05, 0.1) is 6.20 Å². The van der Waals surface area contributed by atoms with Crippen molar-refractivity contribution in [2.45, 2.75) is 19.0 Å². The van der Waals surface area contributed by atoms with Crippen LogP contribution in [0, 0.1) is 0 Å². The van der Waals surface area contributed by atoms with Gasteiger partial charge in [0, 0.05) is 49.4 Å². The maximum atomic E-state index is 4.19. The largest absolute Gasteiger partial charge is 0.312 e. The summed E-state index contributed by atoms with van der Waals surface area (Å²) >= 11 is 2.07. The van der Waals surface area contributed by atoms with Crippen LogP contribution in [0.4, 0.5) is 0 Å². The molecule has 1 aliphatic heterocycles. The molecule has 4 nitrogen and oxygen atoms in total. The second-order valence-corrected chi connectivity index (χ2v) is 5.92. The minimum atomic E-state index is 0.699. The van der Waals surface area contributed by atoms with Crippen molar-refractivity contribution in [3.8, 4) is 0 Å². The summed E-state index contributed by atoms with van der Waals surface area (Å²) in [4.78, 5) is 2.37. The molecule has 1 fully saturated rings. The van der Waals surface area contributed by atoms with Gasteiger partial charge in [-0.3, -0.25) is 4.68 Å². The third-order valence-electron chi connectivity index (χ3n) is 3.07. The highest BCUT2D eigenvalue weighted by Gasteiger charge is 2.13. The molecule has 0 aromatic carbocycles. The first-order valence-corrected chi connectivity index (χ1v) is 7.36. The first kappa shape index (κ1) is 12.9. The molecule has 0 aliphatic carbocycles. The number of hydrogen-bond acceptors (Lipinski definition) is 4. The lowest BCUT2D eigenvalue weighted by Crippen LogP contribution is -2.39. The van der Waals surface area contributed by atoms with Gasteiger partial charge in [0.1, 0.15) is 0 Å². The summed E-state index contributed by atoms with van der Waals surface area (Å²) in [5.41, 5.74) is 1.29. The zero-order chi connectivity index (χ0) is 12.1. The fraction of sp³-hybridized carbons (Fsp3) is 0.750. The zero-order valence-electron chi connectivity index (χ0n) is 10.7. The number of rotatable bonds is 5. The van der Waals surface area contributed by atoms with Gasteiger partial charge >= 0.3 is 0 Å². The normalized spacial score (nSPS) is 21.0. The van der Waals surface area contributed by atoms with Crippen molar-refractivity contribution in [1.82, 2.24) is 20.0 Å². The van der Waals surface area contributed by atoms with Gasteiger partial charge in [0.15, 0.2) is 0 Å². The molecule has 1 aliphatic rings. The Labute approximate surface area is 108 Å². The van der Waals surface area contributed by atoms with E-state index in [4.69, 9.17) is 0 Å². The molecule has 1 atom stereocenters. The van der Waals surface area contributed by atoms with Gasteiger partial charge in [-0.15, -0.1) is 0 Å². The Kier molecular flexibility index (Phi) is 4.88. The maximum absolute atomic E-state index is 4.19. The van der Waals surface area contributed by atoms with Crippen LogP contribution < -0.4 is 5.32 Å². The quantitative estimate of drug-likeness (QED) is 0.848. The molecule has 96 valence electrons. The molecular weight excluding hydrogens is 232 g/mol.